The molecule has 1 amide bonds. The lowest BCUT2D eigenvalue weighted by Crippen LogP contribution is -2.37. The van der Waals surface area contributed by atoms with E-state index in [2.05, 4.69) is 25.6 Å². The van der Waals surface area contributed by atoms with E-state index in [1.807, 2.05) is 11.8 Å². The zero-order chi connectivity index (χ0) is 15.1. The molecule has 2 rings (SSSR count). The lowest BCUT2D eigenvalue weighted by atomic mass is 10.4. The van der Waals surface area contributed by atoms with Gasteiger partial charge in [0.1, 0.15) is 0 Å². The normalized spacial score (nSPS) is 14.9. The molecular weight excluding hydrogens is 296 g/mol. The Morgan fingerprint density at radius 2 is 2.10 bits per heavy atom. The molecule has 0 unspecified atom stereocenters. The van der Waals surface area contributed by atoms with Crippen LogP contribution in [0.25, 0.3) is 0 Å². The molecule has 0 bridgehead atoms. The maximum Gasteiger partial charge on any atom is 0.231 e. The molecular formula is C12H19ClN6O2. The number of morpholine rings is 1. The van der Waals surface area contributed by atoms with Crippen molar-refractivity contribution in [1.82, 2.24) is 20.3 Å². The van der Waals surface area contributed by atoms with Gasteiger partial charge in [-0.25, -0.2) is 0 Å². The van der Waals surface area contributed by atoms with Crippen molar-refractivity contribution in [2.24, 2.45) is 0 Å². The van der Waals surface area contributed by atoms with Gasteiger partial charge < -0.3 is 20.3 Å². The number of halogens is 1. The highest BCUT2D eigenvalue weighted by Gasteiger charge is 2.16. The van der Waals surface area contributed by atoms with Crippen molar-refractivity contribution in [3.63, 3.8) is 0 Å². The van der Waals surface area contributed by atoms with Crippen molar-refractivity contribution in [3.05, 3.63) is 5.28 Å². The predicted octanol–water partition coefficient (Wildman–Crippen LogP) is 0.300. The molecule has 0 radical (unpaired) electrons. The van der Waals surface area contributed by atoms with Crippen LogP contribution in [0.4, 0.5) is 11.9 Å². The van der Waals surface area contributed by atoms with Crippen LogP contribution < -0.4 is 15.5 Å². The van der Waals surface area contributed by atoms with Crippen LogP contribution in [-0.4, -0.2) is 60.3 Å². The van der Waals surface area contributed by atoms with Gasteiger partial charge in [-0.1, -0.05) is 0 Å². The van der Waals surface area contributed by atoms with E-state index in [9.17, 15) is 4.79 Å². The molecule has 0 spiro atoms. The van der Waals surface area contributed by atoms with E-state index in [1.165, 1.54) is 0 Å². The molecule has 9 heteroatoms. The topological polar surface area (TPSA) is 92.3 Å². The Bertz CT molecular complexity index is 481. The van der Waals surface area contributed by atoms with Gasteiger partial charge in [0.15, 0.2) is 0 Å². The third-order valence-electron chi connectivity index (χ3n) is 2.90. The molecule has 1 aliphatic rings. The fourth-order valence-corrected chi connectivity index (χ4v) is 2.05. The molecule has 116 valence electrons. The minimum absolute atomic E-state index is 0.0152. The predicted molar refractivity (Wildman–Crippen MR) is 79.7 cm³/mol. The van der Waals surface area contributed by atoms with Gasteiger partial charge in [0.25, 0.3) is 0 Å². The number of carbonyl (C=O) groups is 1. The lowest BCUT2D eigenvalue weighted by molar-refractivity contribution is -0.120. The van der Waals surface area contributed by atoms with Crippen molar-refractivity contribution in [2.45, 2.75) is 13.3 Å². The van der Waals surface area contributed by atoms with E-state index in [4.69, 9.17) is 16.3 Å². The standard InChI is InChI=1S/C12H19ClN6O2/c1-2-14-9(20)3-4-15-11-16-10(13)17-12(18-11)19-5-7-21-8-6-19/h2-8H2,1H3,(H,14,20)(H,15,16,17,18). The average Bonchev–Trinajstić information content (AvgIpc) is 2.48. The number of nitrogens with zero attached hydrogens (tertiary/aromatic N) is 4. The molecule has 0 atom stereocenters. The van der Waals surface area contributed by atoms with Crippen molar-refractivity contribution >= 4 is 29.4 Å². The van der Waals surface area contributed by atoms with Crippen molar-refractivity contribution in [2.75, 3.05) is 49.6 Å². The highest BCUT2D eigenvalue weighted by Crippen LogP contribution is 2.14. The quantitative estimate of drug-likeness (QED) is 0.780. The maximum absolute atomic E-state index is 11.4. The first-order chi connectivity index (χ1) is 10.2. The Hall–Kier alpha value is -1.67. The number of anilines is 2. The van der Waals surface area contributed by atoms with E-state index in [0.29, 0.717) is 44.6 Å². The summed E-state index contributed by atoms with van der Waals surface area (Å²) in [6, 6.07) is 0. The molecule has 8 nitrogen and oxygen atoms in total. The minimum Gasteiger partial charge on any atom is -0.378 e. The maximum atomic E-state index is 11.4. The summed E-state index contributed by atoms with van der Waals surface area (Å²) < 4.78 is 5.29. The van der Waals surface area contributed by atoms with Gasteiger partial charge in [-0.15, -0.1) is 0 Å². The molecule has 2 heterocycles. The van der Waals surface area contributed by atoms with Crippen LogP contribution in [-0.2, 0) is 9.53 Å². The Balaban J connectivity index is 1.93. The highest BCUT2D eigenvalue weighted by molar-refractivity contribution is 6.28. The second-order valence-corrected chi connectivity index (χ2v) is 4.80. The van der Waals surface area contributed by atoms with Crippen LogP contribution in [0.2, 0.25) is 5.28 Å². The molecule has 2 N–H and O–H groups in total. The summed E-state index contributed by atoms with van der Waals surface area (Å²) in [5.74, 6) is 0.887. The molecule has 0 aliphatic carbocycles. The molecule has 1 aliphatic heterocycles. The Kier molecular flexibility index (Phi) is 5.94. The fraction of sp³-hybridized carbons (Fsp3) is 0.667. The Morgan fingerprint density at radius 1 is 1.33 bits per heavy atom. The first-order valence-corrected chi connectivity index (χ1v) is 7.31. The number of hydrogen-bond acceptors (Lipinski definition) is 7. The average molecular weight is 315 g/mol. The molecule has 1 aromatic rings. The van der Waals surface area contributed by atoms with Crippen LogP contribution >= 0.6 is 11.6 Å². The summed E-state index contributed by atoms with van der Waals surface area (Å²) in [6.45, 7) is 5.67. The van der Waals surface area contributed by atoms with E-state index in [1.54, 1.807) is 0 Å². The number of aromatic nitrogens is 3. The van der Waals surface area contributed by atoms with Gasteiger partial charge in [0.2, 0.25) is 23.1 Å². The summed E-state index contributed by atoms with van der Waals surface area (Å²) in [4.78, 5) is 25.8. The first kappa shape index (κ1) is 15.7. The van der Waals surface area contributed by atoms with Gasteiger partial charge in [-0.05, 0) is 18.5 Å². The van der Waals surface area contributed by atoms with Crippen LogP contribution in [0.1, 0.15) is 13.3 Å². The Morgan fingerprint density at radius 3 is 2.81 bits per heavy atom. The third kappa shape index (κ3) is 4.98. The smallest absolute Gasteiger partial charge is 0.231 e. The van der Waals surface area contributed by atoms with E-state index >= 15 is 0 Å². The number of amides is 1. The molecule has 21 heavy (non-hydrogen) atoms. The summed E-state index contributed by atoms with van der Waals surface area (Å²) in [7, 11) is 0. The largest absolute Gasteiger partial charge is 0.378 e. The summed E-state index contributed by atoms with van der Waals surface area (Å²) in [6.07, 6.45) is 0.351. The second kappa shape index (κ2) is 7.94. The lowest BCUT2D eigenvalue weighted by Gasteiger charge is -2.26. The van der Waals surface area contributed by atoms with E-state index in [0.717, 1.165) is 13.1 Å². The first-order valence-electron chi connectivity index (χ1n) is 6.94. The molecule has 1 saturated heterocycles. The monoisotopic (exact) mass is 314 g/mol. The fourth-order valence-electron chi connectivity index (χ4n) is 1.90. The summed E-state index contributed by atoms with van der Waals surface area (Å²) >= 11 is 5.92. The van der Waals surface area contributed by atoms with E-state index in [-0.39, 0.29) is 11.2 Å². The molecule has 1 fully saturated rings. The zero-order valence-corrected chi connectivity index (χ0v) is 12.7. The second-order valence-electron chi connectivity index (χ2n) is 4.46. The number of ether oxygens (including phenoxy) is 1. The zero-order valence-electron chi connectivity index (χ0n) is 11.9. The minimum atomic E-state index is -0.0152. The van der Waals surface area contributed by atoms with Crippen LogP contribution in [0.3, 0.4) is 0 Å². The van der Waals surface area contributed by atoms with Gasteiger partial charge in [-0.3, -0.25) is 4.79 Å². The summed E-state index contributed by atoms with van der Waals surface area (Å²) in [5, 5.41) is 5.85. The van der Waals surface area contributed by atoms with Gasteiger partial charge >= 0.3 is 0 Å². The van der Waals surface area contributed by atoms with Crippen molar-refractivity contribution < 1.29 is 9.53 Å². The molecule has 1 aromatic heterocycles. The van der Waals surface area contributed by atoms with Crippen LogP contribution in [0.5, 0.6) is 0 Å². The number of hydrogen-bond donors (Lipinski definition) is 2. The third-order valence-corrected chi connectivity index (χ3v) is 3.07. The van der Waals surface area contributed by atoms with E-state index < -0.39 is 0 Å². The van der Waals surface area contributed by atoms with Crippen molar-refractivity contribution in [3.8, 4) is 0 Å². The molecule has 0 aromatic carbocycles. The Labute approximate surface area is 128 Å². The highest BCUT2D eigenvalue weighted by atomic mass is 35.5. The van der Waals surface area contributed by atoms with Gasteiger partial charge in [-0.2, -0.15) is 15.0 Å². The van der Waals surface area contributed by atoms with Crippen LogP contribution in [0, 0.1) is 0 Å². The molecule has 0 saturated carbocycles. The SMILES string of the molecule is CCNC(=O)CCNc1nc(Cl)nc(N2CCOCC2)n1. The summed E-state index contributed by atoms with van der Waals surface area (Å²) in [5.41, 5.74) is 0. The number of carbonyl (C=O) groups excluding carboxylic acids is 1. The van der Waals surface area contributed by atoms with Crippen molar-refractivity contribution in [1.29, 1.82) is 0 Å². The van der Waals surface area contributed by atoms with Crippen LogP contribution in [0.15, 0.2) is 0 Å². The number of rotatable bonds is 6. The van der Waals surface area contributed by atoms with Gasteiger partial charge in [0.05, 0.1) is 13.2 Å². The number of nitrogens with one attached hydrogen (secondary N) is 2. The van der Waals surface area contributed by atoms with Gasteiger partial charge in [0, 0.05) is 32.6 Å².